The van der Waals surface area contributed by atoms with E-state index < -0.39 is 5.97 Å². The van der Waals surface area contributed by atoms with E-state index in [-0.39, 0.29) is 24.8 Å². The zero-order chi connectivity index (χ0) is 9.00. The molecule has 4 fully saturated rings. The summed E-state index contributed by atoms with van der Waals surface area (Å²) in [7, 11) is 0. The van der Waals surface area contributed by atoms with E-state index in [0.29, 0.717) is 11.8 Å². The van der Waals surface area contributed by atoms with Crippen molar-refractivity contribution in [3.8, 4) is 0 Å². The van der Waals surface area contributed by atoms with Crippen LogP contribution in [0.25, 0.3) is 0 Å². The molecule has 4 aliphatic carbocycles. The van der Waals surface area contributed by atoms with Gasteiger partial charge in [0, 0.05) is 0 Å². The van der Waals surface area contributed by atoms with Crippen molar-refractivity contribution in [1.29, 1.82) is 0 Å². The third-order valence-electron chi connectivity index (χ3n) is 4.51. The second-order valence-corrected chi connectivity index (χ2v) is 5.29. The van der Waals surface area contributed by atoms with Gasteiger partial charge in [-0.15, -0.1) is 0 Å². The molecule has 0 saturated heterocycles. The Morgan fingerprint density at radius 2 is 1.36 bits per heavy atom. The Kier molecular flexibility index (Phi) is 2.70. The first-order valence-electron chi connectivity index (χ1n) is 5.47. The molecule has 1 N–H and O–H groups in total. The fourth-order valence-corrected chi connectivity index (χ4v) is 4.33. The number of carbonyl (C=O) groups is 1. The van der Waals surface area contributed by atoms with Crippen molar-refractivity contribution in [1.82, 2.24) is 0 Å². The van der Waals surface area contributed by atoms with Crippen LogP contribution in [0.1, 0.15) is 32.1 Å². The molecular weight excluding hydrogens is 171 g/mol. The zero-order valence-electron chi connectivity index (χ0n) is 7.78. The van der Waals surface area contributed by atoms with E-state index in [1.54, 1.807) is 0 Å². The van der Waals surface area contributed by atoms with E-state index in [1.165, 1.54) is 32.1 Å². The topological polar surface area (TPSA) is 37.3 Å². The molecule has 0 atom stereocenters. The number of rotatable bonds is 1. The predicted octanol–water partition coefficient (Wildman–Crippen LogP) is 1.49. The van der Waals surface area contributed by atoms with Gasteiger partial charge in [-0.3, -0.25) is 4.79 Å². The molecule has 0 amide bonds. The normalized spacial score (nSPS) is 48.7. The number of carboxylic acid groups (broad SMARTS) is 1. The van der Waals surface area contributed by atoms with E-state index in [9.17, 15) is 4.79 Å². The minimum absolute atomic E-state index is 0. The van der Waals surface area contributed by atoms with Gasteiger partial charge in [0.15, 0.2) is 0 Å². The van der Waals surface area contributed by atoms with Crippen LogP contribution < -0.4 is 0 Å². The molecular formula is C11H17LiO2. The standard InChI is InChI=1S/C11H16O2.Li.H/c12-11(13)10-8-2-6-1-7(4-8)5-9(10)3-6;;/h6-10H,1-5H2,(H,12,13);;. The van der Waals surface area contributed by atoms with Gasteiger partial charge in [0.25, 0.3) is 0 Å². The molecule has 0 spiro atoms. The second-order valence-electron chi connectivity index (χ2n) is 5.29. The molecule has 3 heteroatoms. The van der Waals surface area contributed by atoms with Crippen LogP contribution in [-0.4, -0.2) is 29.9 Å². The fraction of sp³-hybridized carbons (Fsp3) is 0.909. The summed E-state index contributed by atoms with van der Waals surface area (Å²) < 4.78 is 0. The van der Waals surface area contributed by atoms with Gasteiger partial charge in [0.05, 0.1) is 5.92 Å². The van der Waals surface area contributed by atoms with Crippen LogP contribution in [-0.2, 0) is 4.79 Å². The molecule has 4 aliphatic rings. The number of hydrogen-bond donors (Lipinski definition) is 1. The molecule has 0 aromatic heterocycles. The molecule has 0 radical (unpaired) electrons. The van der Waals surface area contributed by atoms with Crippen molar-refractivity contribution in [3.05, 3.63) is 0 Å². The summed E-state index contributed by atoms with van der Waals surface area (Å²) in [4.78, 5) is 11.1. The maximum absolute atomic E-state index is 11.1. The molecule has 4 rings (SSSR count). The third-order valence-corrected chi connectivity index (χ3v) is 4.51. The van der Waals surface area contributed by atoms with Gasteiger partial charge in [0.1, 0.15) is 0 Å². The Labute approximate surface area is 96.6 Å². The van der Waals surface area contributed by atoms with E-state index in [0.717, 1.165) is 11.8 Å². The van der Waals surface area contributed by atoms with Crippen LogP contribution >= 0.6 is 0 Å². The van der Waals surface area contributed by atoms with Gasteiger partial charge >= 0.3 is 24.8 Å². The Hall–Kier alpha value is 0.0674. The maximum atomic E-state index is 11.1. The SMILES string of the molecule is O=C(O)C1C2CC3CC(C2)CC1C3.[LiH]. The summed E-state index contributed by atoms with van der Waals surface area (Å²) in [6, 6.07) is 0. The molecule has 4 saturated carbocycles. The van der Waals surface area contributed by atoms with Crippen LogP contribution in [0.5, 0.6) is 0 Å². The quantitative estimate of drug-likeness (QED) is 0.633. The first kappa shape index (κ1) is 10.6. The van der Waals surface area contributed by atoms with Gasteiger partial charge in [-0.25, -0.2) is 0 Å². The van der Waals surface area contributed by atoms with Gasteiger partial charge in [0.2, 0.25) is 0 Å². The van der Waals surface area contributed by atoms with Crippen LogP contribution in [0.4, 0.5) is 0 Å². The summed E-state index contributed by atoms with van der Waals surface area (Å²) in [5.74, 6) is 2.35. The first-order chi connectivity index (χ1) is 6.24. The van der Waals surface area contributed by atoms with Gasteiger partial charge in [-0.1, -0.05) is 0 Å². The van der Waals surface area contributed by atoms with Crippen LogP contribution in [0.3, 0.4) is 0 Å². The number of carboxylic acids is 1. The fourth-order valence-electron chi connectivity index (χ4n) is 4.33. The molecule has 0 heterocycles. The summed E-state index contributed by atoms with van der Waals surface area (Å²) in [6.45, 7) is 0. The molecule has 74 valence electrons. The van der Waals surface area contributed by atoms with E-state index in [2.05, 4.69) is 0 Å². The van der Waals surface area contributed by atoms with Crippen molar-refractivity contribution in [2.45, 2.75) is 32.1 Å². The van der Waals surface area contributed by atoms with Crippen molar-refractivity contribution in [3.63, 3.8) is 0 Å². The molecule has 0 aromatic rings. The monoisotopic (exact) mass is 188 g/mol. The minimum atomic E-state index is -0.520. The van der Waals surface area contributed by atoms with Crippen molar-refractivity contribution >= 4 is 24.8 Å². The van der Waals surface area contributed by atoms with Gasteiger partial charge in [-0.05, 0) is 55.8 Å². The summed E-state index contributed by atoms with van der Waals surface area (Å²) in [5, 5.41) is 9.15. The molecule has 0 aromatic carbocycles. The second kappa shape index (κ2) is 3.58. The van der Waals surface area contributed by atoms with Gasteiger partial charge in [-0.2, -0.15) is 0 Å². The van der Waals surface area contributed by atoms with Crippen molar-refractivity contribution in [2.75, 3.05) is 0 Å². The average molecular weight is 188 g/mol. The van der Waals surface area contributed by atoms with E-state index in [1.807, 2.05) is 0 Å². The van der Waals surface area contributed by atoms with Gasteiger partial charge < -0.3 is 5.11 Å². The van der Waals surface area contributed by atoms with Crippen LogP contribution in [0.2, 0.25) is 0 Å². The summed E-state index contributed by atoms with van der Waals surface area (Å²) >= 11 is 0. The predicted molar refractivity (Wildman–Crippen MR) is 55.3 cm³/mol. The number of aliphatic carboxylic acids is 1. The van der Waals surface area contributed by atoms with Crippen LogP contribution in [0, 0.1) is 29.6 Å². The van der Waals surface area contributed by atoms with E-state index in [4.69, 9.17) is 5.11 Å². The number of hydrogen-bond acceptors (Lipinski definition) is 1. The molecule has 4 bridgehead atoms. The Morgan fingerprint density at radius 1 is 0.929 bits per heavy atom. The molecule has 0 unspecified atom stereocenters. The van der Waals surface area contributed by atoms with Crippen molar-refractivity contribution < 1.29 is 9.90 Å². The molecule has 14 heavy (non-hydrogen) atoms. The Morgan fingerprint density at radius 3 is 1.71 bits per heavy atom. The summed E-state index contributed by atoms with van der Waals surface area (Å²) in [5.41, 5.74) is 0. The summed E-state index contributed by atoms with van der Waals surface area (Å²) in [6.07, 6.45) is 6.25. The zero-order valence-corrected chi connectivity index (χ0v) is 7.78. The Balaban J connectivity index is 0.000000750. The molecule has 2 nitrogen and oxygen atoms in total. The first-order valence-corrected chi connectivity index (χ1v) is 5.47. The third kappa shape index (κ3) is 1.44. The average Bonchev–Trinajstić information content (AvgIpc) is 2.00. The van der Waals surface area contributed by atoms with E-state index >= 15 is 0 Å². The Bertz CT molecular complexity index is 224. The molecule has 0 aliphatic heterocycles. The van der Waals surface area contributed by atoms with Crippen LogP contribution in [0.15, 0.2) is 0 Å². The van der Waals surface area contributed by atoms with Crippen molar-refractivity contribution in [2.24, 2.45) is 29.6 Å².